The van der Waals surface area contributed by atoms with Crippen LogP contribution in [0.5, 0.6) is 0 Å². The molecule has 92 valence electrons. The van der Waals surface area contributed by atoms with Gasteiger partial charge in [-0.05, 0) is 0 Å². The van der Waals surface area contributed by atoms with Crippen molar-refractivity contribution in [2.45, 2.75) is 0 Å². The fourth-order valence-electron chi connectivity index (χ4n) is 1.81. The van der Waals surface area contributed by atoms with Crippen molar-refractivity contribution in [2.24, 2.45) is 0 Å². The summed E-state index contributed by atoms with van der Waals surface area (Å²) >= 11 is 0. The van der Waals surface area contributed by atoms with E-state index in [0.717, 1.165) is 0 Å². The number of cyclic esters (lactones) is 3. The Kier molecular flexibility index (Phi) is 3.21. The van der Waals surface area contributed by atoms with E-state index in [1.165, 1.54) is 0 Å². The third-order valence-electron chi connectivity index (χ3n) is 2.34. The number of carbonyl (C=O) groups excluding carboxylic acids is 3. The molecule has 17 heavy (non-hydrogen) atoms. The maximum atomic E-state index is 11.2. The van der Waals surface area contributed by atoms with Crippen LogP contribution in [0.2, 0.25) is 0 Å². The van der Waals surface area contributed by atoms with Crippen molar-refractivity contribution in [3.05, 3.63) is 12.3 Å². The van der Waals surface area contributed by atoms with Crippen LogP contribution < -0.4 is 0 Å². The first-order valence-corrected chi connectivity index (χ1v) is 5.09. The largest absolute Gasteiger partial charge is 0.429 e. The molecule has 0 aliphatic carbocycles. The second-order valence-electron chi connectivity index (χ2n) is 3.97. The summed E-state index contributed by atoms with van der Waals surface area (Å²) in [6, 6.07) is 0. The molecule has 0 N–H and O–H groups in total. The molecule has 2 saturated heterocycles. The fourth-order valence-corrected chi connectivity index (χ4v) is 1.81. The van der Waals surface area contributed by atoms with E-state index in [4.69, 9.17) is 4.74 Å². The smallest absolute Gasteiger partial charge is 0.327 e. The molecule has 0 atom stereocenters. The molecule has 0 aromatic rings. The molecule has 7 nitrogen and oxygen atoms in total. The molecule has 0 unspecified atom stereocenters. The molecule has 2 aliphatic heterocycles. The molecule has 2 aliphatic rings. The molecule has 0 amide bonds. The zero-order valence-corrected chi connectivity index (χ0v) is 9.18. The van der Waals surface area contributed by atoms with Crippen LogP contribution in [-0.4, -0.2) is 60.6 Å². The molecule has 0 aromatic heterocycles. The van der Waals surface area contributed by atoms with E-state index in [0.29, 0.717) is 19.0 Å². The Morgan fingerprint density at radius 3 is 1.88 bits per heavy atom. The molecule has 0 radical (unpaired) electrons. The fraction of sp³-hybridized carbons (Fsp3) is 0.500. The van der Waals surface area contributed by atoms with Gasteiger partial charge in [-0.25, -0.2) is 0 Å². The summed E-state index contributed by atoms with van der Waals surface area (Å²) in [5.74, 6) is -1.15. The van der Waals surface area contributed by atoms with Gasteiger partial charge in [-0.2, -0.15) is 0 Å². The van der Waals surface area contributed by atoms with Crippen molar-refractivity contribution in [1.29, 1.82) is 0 Å². The van der Waals surface area contributed by atoms with Crippen LogP contribution in [0.1, 0.15) is 0 Å². The molecule has 7 heteroatoms. The molecular weight excluding hydrogens is 228 g/mol. The third kappa shape index (κ3) is 3.11. The van der Waals surface area contributed by atoms with Gasteiger partial charge in [0.15, 0.2) is 0 Å². The maximum Gasteiger partial charge on any atom is 0.327 e. The van der Waals surface area contributed by atoms with Gasteiger partial charge in [0.1, 0.15) is 5.76 Å². The van der Waals surface area contributed by atoms with Gasteiger partial charge in [0, 0.05) is 0 Å². The maximum absolute atomic E-state index is 11.2. The quantitative estimate of drug-likeness (QED) is 0.438. The Labute approximate surface area is 97.6 Å². The lowest BCUT2D eigenvalue weighted by Crippen LogP contribution is -2.50. The summed E-state index contributed by atoms with van der Waals surface area (Å²) in [5, 5.41) is 0. The molecule has 0 saturated carbocycles. The van der Waals surface area contributed by atoms with E-state index < -0.39 is 11.9 Å². The third-order valence-corrected chi connectivity index (χ3v) is 2.34. The van der Waals surface area contributed by atoms with Crippen LogP contribution in [0.4, 0.5) is 0 Å². The minimum absolute atomic E-state index is 0.0454. The molecule has 2 rings (SSSR count). The van der Waals surface area contributed by atoms with Gasteiger partial charge < -0.3 is 9.47 Å². The van der Waals surface area contributed by atoms with Gasteiger partial charge in [-0.3, -0.25) is 24.2 Å². The predicted molar refractivity (Wildman–Crippen MR) is 54.3 cm³/mol. The van der Waals surface area contributed by atoms with Crippen LogP contribution in [0.25, 0.3) is 0 Å². The Morgan fingerprint density at radius 2 is 1.35 bits per heavy atom. The molecular formula is C10H12N2O5. The van der Waals surface area contributed by atoms with E-state index in [1.807, 2.05) is 0 Å². The number of ether oxygens (including phenoxy) is 2. The van der Waals surface area contributed by atoms with Crippen LogP contribution in [0.3, 0.4) is 0 Å². The molecule has 0 spiro atoms. The number of rotatable bonds is 2. The zero-order valence-electron chi connectivity index (χ0n) is 9.18. The number of hydrogen-bond acceptors (Lipinski definition) is 7. The summed E-state index contributed by atoms with van der Waals surface area (Å²) in [6.07, 6.45) is 0. The highest BCUT2D eigenvalue weighted by atomic mass is 16.6. The van der Waals surface area contributed by atoms with Crippen LogP contribution in [-0.2, 0) is 23.9 Å². The zero-order chi connectivity index (χ0) is 12.4. The summed E-state index contributed by atoms with van der Waals surface area (Å²) < 4.78 is 9.20. The Balaban J connectivity index is 1.91. The van der Waals surface area contributed by atoms with E-state index >= 15 is 0 Å². The van der Waals surface area contributed by atoms with Gasteiger partial charge in [0.05, 0.1) is 32.8 Å². The van der Waals surface area contributed by atoms with Crippen LogP contribution >= 0.6 is 0 Å². The summed E-state index contributed by atoms with van der Waals surface area (Å²) in [7, 11) is 0. The van der Waals surface area contributed by atoms with E-state index in [9.17, 15) is 14.4 Å². The highest BCUT2D eigenvalue weighted by Crippen LogP contribution is 2.09. The lowest BCUT2D eigenvalue weighted by molar-refractivity contribution is -0.168. The minimum atomic E-state index is -0.570. The van der Waals surface area contributed by atoms with Crippen molar-refractivity contribution in [3.8, 4) is 0 Å². The Hall–Kier alpha value is -1.73. The van der Waals surface area contributed by atoms with Gasteiger partial charge in [-0.15, -0.1) is 0 Å². The van der Waals surface area contributed by atoms with Crippen LogP contribution in [0, 0.1) is 0 Å². The topological polar surface area (TPSA) is 76.2 Å². The van der Waals surface area contributed by atoms with Crippen molar-refractivity contribution in [3.63, 3.8) is 0 Å². The lowest BCUT2D eigenvalue weighted by atomic mass is 10.3. The molecule has 0 aromatic carbocycles. The predicted octanol–water partition coefficient (Wildman–Crippen LogP) is -1.30. The number of hydrogen-bond donors (Lipinski definition) is 0. The van der Waals surface area contributed by atoms with Crippen molar-refractivity contribution in [1.82, 2.24) is 9.80 Å². The Morgan fingerprint density at radius 1 is 0.882 bits per heavy atom. The second kappa shape index (κ2) is 4.64. The standard InChI is InChI=1S/C10H12N2O5/c1-7-2-11(3-8(13)16-7)6-12-4-9(14)17-10(15)5-12/h1-6H2. The van der Waals surface area contributed by atoms with Crippen molar-refractivity contribution < 1.29 is 23.9 Å². The summed E-state index contributed by atoms with van der Waals surface area (Å²) in [4.78, 5) is 36.6. The number of esters is 3. The first kappa shape index (κ1) is 11.7. The van der Waals surface area contributed by atoms with E-state index in [1.54, 1.807) is 9.80 Å². The molecule has 2 heterocycles. The van der Waals surface area contributed by atoms with Crippen molar-refractivity contribution in [2.75, 3.05) is 32.8 Å². The average molecular weight is 240 g/mol. The van der Waals surface area contributed by atoms with E-state index in [-0.39, 0.29) is 25.6 Å². The highest BCUT2D eigenvalue weighted by molar-refractivity contribution is 5.90. The highest BCUT2D eigenvalue weighted by Gasteiger charge is 2.28. The van der Waals surface area contributed by atoms with Crippen LogP contribution in [0.15, 0.2) is 12.3 Å². The normalized spacial score (nSPS) is 23.5. The summed E-state index contributed by atoms with van der Waals surface area (Å²) in [5.41, 5.74) is 0. The van der Waals surface area contributed by atoms with Gasteiger partial charge in [0.25, 0.3) is 0 Å². The number of nitrogens with zero attached hydrogens (tertiary/aromatic N) is 2. The van der Waals surface area contributed by atoms with Crippen molar-refractivity contribution >= 4 is 17.9 Å². The van der Waals surface area contributed by atoms with E-state index in [2.05, 4.69) is 11.3 Å². The minimum Gasteiger partial charge on any atom is -0.429 e. The first-order chi connectivity index (χ1) is 8.02. The van der Waals surface area contributed by atoms with Gasteiger partial charge in [0.2, 0.25) is 0 Å². The number of morpholine rings is 2. The summed E-state index contributed by atoms with van der Waals surface area (Å²) in [6.45, 7) is 4.53. The first-order valence-electron chi connectivity index (χ1n) is 5.09. The SMILES string of the molecule is C=C1CN(CN2CC(=O)OC(=O)C2)CC(=O)O1. The molecule has 0 bridgehead atoms. The number of carbonyl (C=O) groups is 3. The molecule has 2 fully saturated rings. The monoisotopic (exact) mass is 240 g/mol. The average Bonchev–Trinajstić information content (AvgIpc) is 2.13. The van der Waals surface area contributed by atoms with Gasteiger partial charge >= 0.3 is 17.9 Å². The lowest BCUT2D eigenvalue weighted by Gasteiger charge is -2.32. The Bertz CT molecular complexity index is 324. The van der Waals surface area contributed by atoms with Gasteiger partial charge in [-0.1, -0.05) is 6.58 Å². The second-order valence-corrected chi connectivity index (χ2v) is 3.97.